The normalized spacial score (nSPS) is 11.5. The predicted octanol–water partition coefficient (Wildman–Crippen LogP) is 0.679. The zero-order valence-electron chi connectivity index (χ0n) is 9.42. The van der Waals surface area contributed by atoms with Gasteiger partial charge in [0.1, 0.15) is 11.4 Å². The Labute approximate surface area is 88.5 Å². The fraction of sp³-hybridized carbons (Fsp3) is 0.600. The molecule has 0 radical (unpaired) electrons. The van der Waals surface area contributed by atoms with E-state index >= 15 is 0 Å². The third-order valence-corrected chi connectivity index (χ3v) is 2.03. The molecule has 1 rings (SSSR count). The Morgan fingerprint density at radius 1 is 1.53 bits per heavy atom. The van der Waals surface area contributed by atoms with Gasteiger partial charge in [-0.05, 0) is 27.7 Å². The highest BCUT2D eigenvalue weighted by atomic mass is 16.4. The monoisotopic (exact) mass is 212 g/mol. The van der Waals surface area contributed by atoms with Crippen molar-refractivity contribution in [2.24, 2.45) is 0 Å². The number of oxazole rings is 1. The van der Waals surface area contributed by atoms with E-state index in [0.29, 0.717) is 5.89 Å². The first-order valence-corrected chi connectivity index (χ1v) is 4.74. The third kappa shape index (κ3) is 3.06. The smallest absolute Gasteiger partial charge is 0.251 e. The minimum absolute atomic E-state index is 0.192. The van der Waals surface area contributed by atoms with Crippen LogP contribution < -0.4 is 5.32 Å². The van der Waals surface area contributed by atoms with Gasteiger partial charge in [-0.1, -0.05) is 0 Å². The predicted molar refractivity (Wildman–Crippen MR) is 54.1 cm³/mol. The van der Waals surface area contributed by atoms with Gasteiger partial charge in [-0.25, -0.2) is 4.98 Å². The lowest BCUT2D eigenvalue weighted by atomic mass is 10.1. The maximum atomic E-state index is 11.3. The molecule has 0 fully saturated rings. The molecule has 0 bridgehead atoms. The summed E-state index contributed by atoms with van der Waals surface area (Å²) in [6.45, 7) is 6.68. The lowest BCUT2D eigenvalue weighted by Crippen LogP contribution is -2.41. The van der Waals surface area contributed by atoms with E-state index in [1.165, 1.54) is 13.8 Å². The number of aromatic nitrogens is 1. The summed E-state index contributed by atoms with van der Waals surface area (Å²) in [6.07, 6.45) is 0. The van der Waals surface area contributed by atoms with Crippen LogP contribution in [-0.2, 0) is 11.3 Å². The second-order valence-electron chi connectivity index (χ2n) is 3.99. The number of rotatable bonds is 3. The third-order valence-electron chi connectivity index (χ3n) is 2.03. The van der Waals surface area contributed by atoms with Crippen LogP contribution in [0.3, 0.4) is 0 Å². The summed E-state index contributed by atoms with van der Waals surface area (Å²) in [5.41, 5.74) is -0.570. The van der Waals surface area contributed by atoms with Gasteiger partial charge in [0.05, 0.1) is 12.2 Å². The summed E-state index contributed by atoms with van der Waals surface area (Å²) in [6, 6.07) is 0. The molecule has 0 atom stereocenters. The minimum atomic E-state index is -1.38. The van der Waals surface area contributed by atoms with Crippen molar-refractivity contribution in [1.82, 2.24) is 10.3 Å². The van der Waals surface area contributed by atoms with Crippen LogP contribution in [-0.4, -0.2) is 21.6 Å². The summed E-state index contributed by atoms with van der Waals surface area (Å²) in [4.78, 5) is 15.4. The van der Waals surface area contributed by atoms with Crippen molar-refractivity contribution < 1.29 is 14.3 Å². The average Bonchev–Trinajstić information content (AvgIpc) is 2.41. The van der Waals surface area contributed by atoms with Crippen LogP contribution in [0.25, 0.3) is 0 Å². The number of aliphatic hydroxyl groups is 1. The first-order chi connectivity index (χ1) is 6.80. The molecule has 5 nitrogen and oxygen atoms in total. The number of amides is 1. The van der Waals surface area contributed by atoms with Crippen molar-refractivity contribution in [2.75, 3.05) is 0 Å². The van der Waals surface area contributed by atoms with E-state index in [0.717, 1.165) is 11.5 Å². The molecule has 0 aliphatic heterocycles. The van der Waals surface area contributed by atoms with Crippen LogP contribution >= 0.6 is 0 Å². The molecule has 0 saturated carbocycles. The molecular formula is C10H16N2O3. The Hall–Kier alpha value is -1.36. The molecule has 1 amide bonds. The number of hydrogen-bond acceptors (Lipinski definition) is 4. The molecule has 0 aliphatic rings. The number of carbonyl (C=O) groups excluding carboxylic acids is 1. The SMILES string of the molecule is Cc1nc(CNC(=O)C(C)(C)O)oc1C. The van der Waals surface area contributed by atoms with E-state index in [9.17, 15) is 9.90 Å². The molecule has 84 valence electrons. The molecule has 15 heavy (non-hydrogen) atoms. The average molecular weight is 212 g/mol. The second kappa shape index (κ2) is 4.02. The highest BCUT2D eigenvalue weighted by Gasteiger charge is 2.23. The van der Waals surface area contributed by atoms with Crippen LogP contribution in [0.2, 0.25) is 0 Å². The fourth-order valence-corrected chi connectivity index (χ4v) is 0.987. The van der Waals surface area contributed by atoms with E-state index in [1.54, 1.807) is 0 Å². The van der Waals surface area contributed by atoms with Gasteiger partial charge >= 0.3 is 0 Å². The van der Waals surface area contributed by atoms with Gasteiger partial charge in [0.2, 0.25) is 5.89 Å². The molecule has 1 aromatic rings. The minimum Gasteiger partial charge on any atom is -0.444 e. The van der Waals surface area contributed by atoms with Crippen LogP contribution in [0.15, 0.2) is 4.42 Å². The Morgan fingerprint density at radius 2 is 2.13 bits per heavy atom. The number of nitrogens with zero attached hydrogens (tertiary/aromatic N) is 1. The van der Waals surface area contributed by atoms with Crippen molar-refractivity contribution >= 4 is 5.91 Å². The highest BCUT2D eigenvalue weighted by molar-refractivity contribution is 5.83. The molecule has 1 aromatic heterocycles. The Kier molecular flexibility index (Phi) is 3.14. The van der Waals surface area contributed by atoms with Gasteiger partial charge in [-0.2, -0.15) is 0 Å². The van der Waals surface area contributed by atoms with Crippen molar-refractivity contribution in [3.8, 4) is 0 Å². The van der Waals surface area contributed by atoms with Gasteiger partial charge in [-0.15, -0.1) is 0 Å². The van der Waals surface area contributed by atoms with E-state index < -0.39 is 11.5 Å². The molecule has 0 spiro atoms. The number of hydrogen-bond donors (Lipinski definition) is 2. The first-order valence-electron chi connectivity index (χ1n) is 4.74. The molecule has 0 aromatic carbocycles. The number of aryl methyl sites for hydroxylation is 2. The molecule has 0 aliphatic carbocycles. The van der Waals surface area contributed by atoms with Crippen LogP contribution in [0.4, 0.5) is 0 Å². The lowest BCUT2D eigenvalue weighted by Gasteiger charge is -2.15. The van der Waals surface area contributed by atoms with Gasteiger partial charge in [-0.3, -0.25) is 4.79 Å². The zero-order chi connectivity index (χ0) is 11.6. The molecule has 0 saturated heterocycles. The van der Waals surface area contributed by atoms with Crippen LogP contribution in [0.1, 0.15) is 31.2 Å². The van der Waals surface area contributed by atoms with E-state index in [-0.39, 0.29) is 6.54 Å². The van der Waals surface area contributed by atoms with Gasteiger partial charge in [0.25, 0.3) is 5.91 Å². The Morgan fingerprint density at radius 3 is 2.53 bits per heavy atom. The topological polar surface area (TPSA) is 75.4 Å². The Balaban J connectivity index is 2.55. The zero-order valence-corrected chi connectivity index (χ0v) is 9.42. The van der Waals surface area contributed by atoms with Gasteiger partial charge in [0.15, 0.2) is 0 Å². The number of carbonyl (C=O) groups is 1. The highest BCUT2D eigenvalue weighted by Crippen LogP contribution is 2.08. The first kappa shape index (κ1) is 11.7. The largest absolute Gasteiger partial charge is 0.444 e. The summed E-state index contributed by atoms with van der Waals surface area (Å²) < 4.78 is 5.27. The van der Waals surface area contributed by atoms with Crippen LogP contribution in [0, 0.1) is 13.8 Å². The summed E-state index contributed by atoms with van der Waals surface area (Å²) in [7, 11) is 0. The summed E-state index contributed by atoms with van der Waals surface area (Å²) in [5.74, 6) is 0.737. The molecule has 2 N–H and O–H groups in total. The van der Waals surface area contributed by atoms with Gasteiger partial charge < -0.3 is 14.8 Å². The summed E-state index contributed by atoms with van der Waals surface area (Å²) in [5, 5.41) is 11.9. The van der Waals surface area contributed by atoms with E-state index in [2.05, 4.69) is 10.3 Å². The van der Waals surface area contributed by atoms with E-state index in [4.69, 9.17) is 4.42 Å². The number of nitrogens with one attached hydrogen (secondary N) is 1. The molecule has 0 unspecified atom stereocenters. The van der Waals surface area contributed by atoms with Crippen molar-refractivity contribution in [3.63, 3.8) is 0 Å². The molecular weight excluding hydrogens is 196 g/mol. The summed E-state index contributed by atoms with van der Waals surface area (Å²) >= 11 is 0. The van der Waals surface area contributed by atoms with Crippen LogP contribution in [0.5, 0.6) is 0 Å². The molecule has 5 heteroatoms. The molecule has 1 heterocycles. The van der Waals surface area contributed by atoms with Crippen molar-refractivity contribution in [3.05, 3.63) is 17.3 Å². The van der Waals surface area contributed by atoms with Gasteiger partial charge in [0, 0.05) is 0 Å². The standard InChI is InChI=1S/C10H16N2O3/c1-6-7(2)15-8(12-6)5-11-9(13)10(3,4)14/h14H,5H2,1-4H3,(H,11,13). The second-order valence-corrected chi connectivity index (χ2v) is 3.99. The van der Waals surface area contributed by atoms with Crippen molar-refractivity contribution in [2.45, 2.75) is 39.8 Å². The maximum Gasteiger partial charge on any atom is 0.251 e. The fourth-order valence-electron chi connectivity index (χ4n) is 0.987. The van der Waals surface area contributed by atoms with Crippen molar-refractivity contribution in [1.29, 1.82) is 0 Å². The van der Waals surface area contributed by atoms with E-state index in [1.807, 2.05) is 13.8 Å². The Bertz CT molecular complexity index is 344. The lowest BCUT2D eigenvalue weighted by molar-refractivity contribution is -0.136. The maximum absolute atomic E-state index is 11.3. The quantitative estimate of drug-likeness (QED) is 0.772.